The Bertz CT molecular complexity index is 192. The van der Waals surface area contributed by atoms with Crippen molar-refractivity contribution in [3.8, 4) is 0 Å². The molecule has 0 bridgehead atoms. The first-order valence-corrected chi connectivity index (χ1v) is 6.76. The smallest absolute Gasteiger partial charge is 0.306 e. The van der Waals surface area contributed by atoms with Gasteiger partial charge in [0.25, 0.3) is 0 Å². The van der Waals surface area contributed by atoms with Crippen molar-refractivity contribution < 1.29 is 14.3 Å². The highest BCUT2D eigenvalue weighted by Gasteiger charge is 2.07. The second kappa shape index (κ2) is 10.0. The average Bonchev–Trinajstić information content (AvgIpc) is 2.24. The van der Waals surface area contributed by atoms with Crippen molar-refractivity contribution in [2.45, 2.75) is 39.0 Å². The van der Waals surface area contributed by atoms with Gasteiger partial charge < -0.3 is 4.74 Å². The molecule has 15 heavy (non-hydrogen) atoms. The molecule has 0 N–H and O–H groups in total. The van der Waals surface area contributed by atoms with E-state index in [1.165, 1.54) is 0 Å². The fourth-order valence-corrected chi connectivity index (χ4v) is 1.42. The monoisotopic (exact) mass is 232 g/mol. The maximum absolute atomic E-state index is 11.2. The first kappa shape index (κ1) is 14.5. The van der Waals surface area contributed by atoms with Crippen LogP contribution >= 0.6 is 11.8 Å². The molecule has 3 nitrogen and oxygen atoms in total. The van der Waals surface area contributed by atoms with Gasteiger partial charge in [0.05, 0.1) is 13.0 Å². The lowest BCUT2D eigenvalue weighted by Crippen LogP contribution is -2.09. The van der Waals surface area contributed by atoms with Crippen molar-refractivity contribution in [2.24, 2.45) is 0 Å². The van der Waals surface area contributed by atoms with Gasteiger partial charge in [-0.2, -0.15) is 11.8 Å². The highest BCUT2D eigenvalue weighted by atomic mass is 32.2. The SMILES string of the molecule is CCCCOC(=O)CCC(=O)CCSC. The zero-order valence-electron chi connectivity index (χ0n) is 9.58. The third-order valence-electron chi connectivity index (χ3n) is 1.95. The lowest BCUT2D eigenvalue weighted by molar-refractivity contribution is -0.144. The van der Waals surface area contributed by atoms with Crippen molar-refractivity contribution >= 4 is 23.5 Å². The number of unbranched alkanes of at least 4 members (excludes halogenated alkanes) is 1. The van der Waals surface area contributed by atoms with Crippen LogP contribution in [-0.2, 0) is 14.3 Å². The Kier molecular flexibility index (Phi) is 9.68. The van der Waals surface area contributed by atoms with Gasteiger partial charge >= 0.3 is 5.97 Å². The van der Waals surface area contributed by atoms with Gasteiger partial charge in [-0.25, -0.2) is 0 Å². The molecule has 0 aliphatic carbocycles. The van der Waals surface area contributed by atoms with Crippen LogP contribution in [0.3, 0.4) is 0 Å². The summed E-state index contributed by atoms with van der Waals surface area (Å²) in [5.41, 5.74) is 0. The first-order valence-electron chi connectivity index (χ1n) is 5.37. The minimum absolute atomic E-state index is 0.150. The van der Waals surface area contributed by atoms with E-state index >= 15 is 0 Å². The number of esters is 1. The van der Waals surface area contributed by atoms with Gasteiger partial charge in [-0.15, -0.1) is 0 Å². The molecule has 0 aromatic rings. The van der Waals surface area contributed by atoms with Gasteiger partial charge in [-0.1, -0.05) is 13.3 Å². The molecule has 0 aromatic carbocycles. The van der Waals surface area contributed by atoms with E-state index in [1.54, 1.807) is 11.8 Å². The Labute approximate surface area is 95.9 Å². The average molecular weight is 232 g/mol. The Hall–Kier alpha value is -0.510. The van der Waals surface area contributed by atoms with Gasteiger partial charge in [0, 0.05) is 12.8 Å². The van der Waals surface area contributed by atoms with Gasteiger partial charge in [0.15, 0.2) is 0 Å². The van der Waals surface area contributed by atoms with Crippen LogP contribution in [0.1, 0.15) is 39.0 Å². The summed E-state index contributed by atoms with van der Waals surface area (Å²) in [5.74, 6) is 0.738. The van der Waals surface area contributed by atoms with Crippen LogP contribution in [-0.4, -0.2) is 30.4 Å². The maximum atomic E-state index is 11.2. The topological polar surface area (TPSA) is 43.4 Å². The molecule has 88 valence electrons. The summed E-state index contributed by atoms with van der Waals surface area (Å²) in [6.07, 6.45) is 4.99. The lowest BCUT2D eigenvalue weighted by Gasteiger charge is -2.03. The molecule has 0 saturated heterocycles. The van der Waals surface area contributed by atoms with E-state index in [2.05, 4.69) is 0 Å². The van der Waals surface area contributed by atoms with E-state index in [9.17, 15) is 9.59 Å². The molecular formula is C11H20O3S. The fraction of sp³-hybridized carbons (Fsp3) is 0.818. The van der Waals surface area contributed by atoms with Crippen LogP contribution in [0.15, 0.2) is 0 Å². The van der Waals surface area contributed by atoms with E-state index in [-0.39, 0.29) is 18.2 Å². The Morgan fingerprint density at radius 3 is 2.53 bits per heavy atom. The molecule has 0 atom stereocenters. The zero-order valence-corrected chi connectivity index (χ0v) is 10.4. The van der Waals surface area contributed by atoms with E-state index < -0.39 is 0 Å². The molecule has 0 aliphatic rings. The molecule has 0 heterocycles. The van der Waals surface area contributed by atoms with Gasteiger partial charge in [-0.3, -0.25) is 9.59 Å². The molecule has 0 spiro atoms. The van der Waals surface area contributed by atoms with Gasteiger partial charge in [-0.05, 0) is 18.4 Å². The summed E-state index contributed by atoms with van der Waals surface area (Å²) in [6, 6.07) is 0. The summed E-state index contributed by atoms with van der Waals surface area (Å²) >= 11 is 1.64. The van der Waals surface area contributed by atoms with E-state index in [0.717, 1.165) is 18.6 Å². The Balaban J connectivity index is 3.40. The molecule has 0 aliphatic heterocycles. The third kappa shape index (κ3) is 9.79. The molecule has 0 fully saturated rings. The summed E-state index contributed by atoms with van der Waals surface area (Å²) in [6.45, 7) is 2.52. The number of hydrogen-bond acceptors (Lipinski definition) is 4. The van der Waals surface area contributed by atoms with Gasteiger partial charge in [0.1, 0.15) is 5.78 Å². The molecule has 4 heteroatoms. The molecule has 0 rings (SSSR count). The first-order chi connectivity index (χ1) is 7.20. The van der Waals surface area contributed by atoms with Gasteiger partial charge in [0.2, 0.25) is 0 Å². The van der Waals surface area contributed by atoms with Crippen molar-refractivity contribution in [1.29, 1.82) is 0 Å². The van der Waals surface area contributed by atoms with Crippen molar-refractivity contribution in [1.82, 2.24) is 0 Å². The van der Waals surface area contributed by atoms with Crippen LogP contribution in [0.25, 0.3) is 0 Å². The van der Waals surface area contributed by atoms with Crippen molar-refractivity contribution in [2.75, 3.05) is 18.6 Å². The van der Waals surface area contributed by atoms with Crippen LogP contribution in [0.4, 0.5) is 0 Å². The van der Waals surface area contributed by atoms with E-state index in [0.29, 0.717) is 19.4 Å². The fourth-order valence-electron chi connectivity index (χ4n) is 0.985. The molecule has 0 amide bonds. The lowest BCUT2D eigenvalue weighted by atomic mass is 10.2. The summed E-state index contributed by atoms with van der Waals surface area (Å²) in [5, 5.41) is 0. The number of rotatable bonds is 9. The van der Waals surface area contributed by atoms with Crippen molar-refractivity contribution in [3.63, 3.8) is 0 Å². The van der Waals surface area contributed by atoms with E-state index in [4.69, 9.17) is 4.74 Å². The number of hydrogen-bond donors (Lipinski definition) is 0. The predicted octanol–water partition coefficient (Wildman–Crippen LogP) is 2.43. The highest BCUT2D eigenvalue weighted by Crippen LogP contribution is 2.02. The number of carbonyl (C=O) groups excluding carboxylic acids is 2. The Morgan fingerprint density at radius 1 is 1.20 bits per heavy atom. The van der Waals surface area contributed by atoms with Crippen molar-refractivity contribution in [3.05, 3.63) is 0 Å². The second-order valence-corrected chi connectivity index (χ2v) is 4.34. The Morgan fingerprint density at radius 2 is 1.93 bits per heavy atom. The highest BCUT2D eigenvalue weighted by molar-refractivity contribution is 7.98. The standard InChI is InChI=1S/C11H20O3S/c1-3-4-8-14-11(13)6-5-10(12)7-9-15-2/h3-9H2,1-2H3. The van der Waals surface area contributed by atoms with Crippen LogP contribution in [0.5, 0.6) is 0 Å². The van der Waals surface area contributed by atoms with Crippen LogP contribution in [0, 0.1) is 0 Å². The molecule has 0 radical (unpaired) electrons. The summed E-state index contributed by atoms with van der Waals surface area (Å²) in [4.78, 5) is 22.3. The van der Waals surface area contributed by atoms with Crippen LogP contribution in [0.2, 0.25) is 0 Å². The molecule has 0 saturated carbocycles. The molecular weight excluding hydrogens is 212 g/mol. The number of Topliss-reactive ketones (excluding diaryl/α,β-unsaturated/α-hetero) is 1. The summed E-state index contributed by atoms with van der Waals surface area (Å²) in [7, 11) is 0. The largest absolute Gasteiger partial charge is 0.466 e. The van der Waals surface area contributed by atoms with Crippen LogP contribution < -0.4 is 0 Å². The maximum Gasteiger partial charge on any atom is 0.306 e. The minimum atomic E-state index is -0.249. The normalized spacial score (nSPS) is 10.0. The number of ketones is 1. The second-order valence-electron chi connectivity index (χ2n) is 3.36. The minimum Gasteiger partial charge on any atom is -0.466 e. The molecule has 0 unspecified atom stereocenters. The van der Waals surface area contributed by atoms with E-state index in [1.807, 2.05) is 13.2 Å². The summed E-state index contributed by atoms with van der Waals surface area (Å²) < 4.78 is 4.94. The predicted molar refractivity (Wildman–Crippen MR) is 63.1 cm³/mol. The molecule has 0 aromatic heterocycles. The quantitative estimate of drug-likeness (QED) is 0.452. The number of carbonyl (C=O) groups is 2. The third-order valence-corrected chi connectivity index (χ3v) is 2.57. The zero-order chi connectivity index (χ0) is 11.5. The number of thioether (sulfide) groups is 1. The number of ether oxygens (including phenoxy) is 1.